The van der Waals surface area contributed by atoms with E-state index in [1.807, 2.05) is 0 Å². The summed E-state index contributed by atoms with van der Waals surface area (Å²) in [5.41, 5.74) is 1.11. The van der Waals surface area contributed by atoms with Gasteiger partial charge in [-0.1, -0.05) is 29.8 Å². The molecule has 0 bridgehead atoms. The van der Waals surface area contributed by atoms with Gasteiger partial charge >= 0.3 is 5.97 Å². The van der Waals surface area contributed by atoms with Crippen molar-refractivity contribution in [3.63, 3.8) is 0 Å². The smallest absolute Gasteiger partial charge is 0.337 e. The number of hydrogen-bond donors (Lipinski definition) is 1. The molecule has 0 aromatic heterocycles. The molecular weight excluding hydrogens is 428 g/mol. The molecule has 5 nitrogen and oxygen atoms in total. The molecule has 31 heavy (non-hydrogen) atoms. The van der Waals surface area contributed by atoms with Crippen LogP contribution in [0.3, 0.4) is 0 Å². The largest absolute Gasteiger partial charge is 0.465 e. The summed E-state index contributed by atoms with van der Waals surface area (Å²) in [4.78, 5) is 24.4. The molecule has 3 aromatic carbocycles. The van der Waals surface area contributed by atoms with Crippen LogP contribution in [0.15, 0.2) is 60.7 Å². The van der Waals surface area contributed by atoms with Gasteiger partial charge < -0.3 is 14.8 Å². The maximum absolute atomic E-state index is 14.0. The molecule has 0 aliphatic heterocycles. The predicted octanol–water partition coefficient (Wildman–Crippen LogP) is 5.69. The highest BCUT2D eigenvalue weighted by atomic mass is 35.5. The topological polar surface area (TPSA) is 64.6 Å². The second-order valence-corrected chi connectivity index (χ2v) is 7.04. The van der Waals surface area contributed by atoms with Crippen molar-refractivity contribution in [3.05, 3.63) is 94.0 Å². The molecule has 1 amide bonds. The molecular formula is C23H18ClF2NO4. The van der Waals surface area contributed by atoms with Gasteiger partial charge in [-0.2, -0.15) is 0 Å². The maximum atomic E-state index is 14.0. The zero-order valence-electron chi connectivity index (χ0n) is 16.6. The van der Waals surface area contributed by atoms with Gasteiger partial charge in [-0.25, -0.2) is 13.6 Å². The second kappa shape index (κ2) is 9.57. The molecule has 0 fully saturated rings. The zero-order valence-corrected chi connectivity index (χ0v) is 17.4. The molecule has 0 radical (unpaired) electrons. The van der Waals surface area contributed by atoms with Gasteiger partial charge in [-0.15, -0.1) is 0 Å². The van der Waals surface area contributed by atoms with E-state index >= 15 is 0 Å². The normalized spacial score (nSPS) is 11.5. The van der Waals surface area contributed by atoms with Gasteiger partial charge in [0.2, 0.25) is 0 Å². The van der Waals surface area contributed by atoms with Crippen molar-refractivity contribution < 1.29 is 27.8 Å². The van der Waals surface area contributed by atoms with Crippen molar-refractivity contribution in [2.45, 2.75) is 13.0 Å². The number of benzene rings is 3. The van der Waals surface area contributed by atoms with E-state index in [1.165, 1.54) is 31.4 Å². The van der Waals surface area contributed by atoms with Gasteiger partial charge in [-0.3, -0.25) is 4.79 Å². The predicted molar refractivity (Wildman–Crippen MR) is 112 cm³/mol. The molecule has 3 aromatic rings. The van der Waals surface area contributed by atoms with E-state index in [4.69, 9.17) is 16.3 Å². The molecule has 0 aliphatic rings. The van der Waals surface area contributed by atoms with Crippen molar-refractivity contribution in [1.82, 2.24) is 5.32 Å². The Labute approximate surface area is 182 Å². The number of carbonyl (C=O) groups is 2. The third kappa shape index (κ3) is 5.19. The number of methoxy groups -OCH3 is 1. The van der Waals surface area contributed by atoms with E-state index < -0.39 is 35.3 Å². The van der Waals surface area contributed by atoms with Crippen LogP contribution in [0.2, 0.25) is 5.02 Å². The minimum Gasteiger partial charge on any atom is -0.465 e. The van der Waals surface area contributed by atoms with Crippen LogP contribution < -0.4 is 10.1 Å². The van der Waals surface area contributed by atoms with Crippen LogP contribution in [-0.4, -0.2) is 19.0 Å². The fourth-order valence-corrected chi connectivity index (χ4v) is 3.01. The quantitative estimate of drug-likeness (QED) is 0.495. The summed E-state index contributed by atoms with van der Waals surface area (Å²) in [7, 11) is 1.29. The van der Waals surface area contributed by atoms with E-state index in [0.29, 0.717) is 5.56 Å². The van der Waals surface area contributed by atoms with Crippen LogP contribution in [-0.2, 0) is 4.74 Å². The van der Waals surface area contributed by atoms with Crippen molar-refractivity contribution >= 4 is 23.5 Å². The van der Waals surface area contributed by atoms with Crippen LogP contribution in [0.25, 0.3) is 0 Å². The molecule has 8 heteroatoms. The Kier molecular flexibility index (Phi) is 6.87. The number of esters is 1. The number of rotatable bonds is 6. The minimum absolute atomic E-state index is 0.00758. The highest BCUT2D eigenvalue weighted by molar-refractivity contribution is 6.31. The first-order chi connectivity index (χ1) is 14.8. The third-order valence-corrected chi connectivity index (χ3v) is 4.73. The summed E-state index contributed by atoms with van der Waals surface area (Å²) in [6, 6.07) is 13.5. The first-order valence-corrected chi connectivity index (χ1v) is 9.58. The summed E-state index contributed by atoms with van der Waals surface area (Å²) < 4.78 is 38.0. The van der Waals surface area contributed by atoms with Crippen LogP contribution in [0, 0.1) is 11.6 Å². The van der Waals surface area contributed by atoms with Gasteiger partial charge in [0.15, 0.2) is 17.4 Å². The molecule has 0 saturated heterocycles. The highest BCUT2D eigenvalue weighted by Crippen LogP contribution is 2.31. The Bertz CT molecular complexity index is 1100. The first-order valence-electron chi connectivity index (χ1n) is 9.20. The number of ether oxygens (including phenoxy) is 2. The molecule has 0 aliphatic carbocycles. The zero-order chi connectivity index (χ0) is 22.5. The summed E-state index contributed by atoms with van der Waals surface area (Å²) in [5, 5.41) is 3.03. The lowest BCUT2D eigenvalue weighted by Gasteiger charge is -2.17. The Hall–Kier alpha value is -3.45. The molecule has 0 spiro atoms. The third-order valence-electron chi connectivity index (χ3n) is 4.50. The van der Waals surface area contributed by atoms with E-state index in [1.54, 1.807) is 31.2 Å². The molecule has 1 atom stereocenters. The van der Waals surface area contributed by atoms with E-state index in [-0.39, 0.29) is 16.3 Å². The number of para-hydroxylation sites is 1. The summed E-state index contributed by atoms with van der Waals surface area (Å²) in [6.45, 7) is 1.74. The standard InChI is InChI=1S/C23H18ClF2NO4/c1-13(14-6-8-15(9-7-14)23(29)30-2)27-22(28)17-12-16(24)10-11-20(17)31-21-18(25)4-3-5-19(21)26/h3-13H,1-2H3,(H,27,28)/t13-/m0/s1. The Balaban J connectivity index is 1.83. The van der Waals surface area contributed by atoms with Crippen LogP contribution in [0.5, 0.6) is 11.5 Å². The van der Waals surface area contributed by atoms with Crippen molar-refractivity contribution in [2.24, 2.45) is 0 Å². The lowest BCUT2D eigenvalue weighted by Crippen LogP contribution is -2.27. The molecule has 0 heterocycles. The first kappa shape index (κ1) is 22.2. The average Bonchev–Trinajstić information content (AvgIpc) is 2.76. The molecule has 0 saturated carbocycles. The summed E-state index contributed by atoms with van der Waals surface area (Å²) in [5.74, 6) is -3.51. The molecule has 160 valence electrons. The molecule has 1 N–H and O–H groups in total. The van der Waals surface area contributed by atoms with Crippen LogP contribution in [0.1, 0.15) is 39.2 Å². The summed E-state index contributed by atoms with van der Waals surface area (Å²) >= 11 is 6.01. The van der Waals surface area contributed by atoms with E-state index in [9.17, 15) is 18.4 Å². The van der Waals surface area contributed by atoms with Gasteiger partial charge in [0.25, 0.3) is 5.91 Å². The van der Waals surface area contributed by atoms with Gasteiger partial charge in [0.05, 0.1) is 24.3 Å². The number of halogens is 3. The minimum atomic E-state index is -0.902. The summed E-state index contributed by atoms with van der Waals surface area (Å²) in [6.07, 6.45) is 0. The van der Waals surface area contributed by atoms with Gasteiger partial charge in [0, 0.05) is 5.02 Å². The van der Waals surface area contributed by atoms with E-state index in [0.717, 1.165) is 17.7 Å². The SMILES string of the molecule is COC(=O)c1ccc([C@H](C)NC(=O)c2cc(Cl)ccc2Oc2c(F)cccc2F)cc1. The van der Waals surface area contributed by atoms with Crippen molar-refractivity contribution in [2.75, 3.05) is 7.11 Å². The van der Waals surface area contributed by atoms with Crippen LogP contribution >= 0.6 is 11.6 Å². The maximum Gasteiger partial charge on any atom is 0.337 e. The number of carbonyl (C=O) groups excluding carboxylic acids is 2. The number of hydrogen-bond acceptors (Lipinski definition) is 4. The lowest BCUT2D eigenvalue weighted by molar-refractivity contribution is 0.0600. The fraction of sp³-hybridized carbons (Fsp3) is 0.130. The fourth-order valence-electron chi connectivity index (χ4n) is 2.84. The number of amides is 1. The van der Waals surface area contributed by atoms with Crippen LogP contribution in [0.4, 0.5) is 8.78 Å². The Morgan fingerprint density at radius 1 is 1.00 bits per heavy atom. The molecule has 0 unspecified atom stereocenters. The lowest BCUT2D eigenvalue weighted by atomic mass is 10.1. The van der Waals surface area contributed by atoms with E-state index in [2.05, 4.69) is 10.1 Å². The van der Waals surface area contributed by atoms with Crippen molar-refractivity contribution in [1.29, 1.82) is 0 Å². The van der Waals surface area contributed by atoms with Gasteiger partial charge in [0.1, 0.15) is 5.75 Å². The number of nitrogens with one attached hydrogen (secondary N) is 1. The van der Waals surface area contributed by atoms with Gasteiger partial charge in [-0.05, 0) is 55.0 Å². The Morgan fingerprint density at radius 3 is 2.26 bits per heavy atom. The second-order valence-electron chi connectivity index (χ2n) is 6.60. The average molecular weight is 446 g/mol. The highest BCUT2D eigenvalue weighted by Gasteiger charge is 2.20. The monoisotopic (exact) mass is 445 g/mol. The molecule has 3 rings (SSSR count). The van der Waals surface area contributed by atoms with Crippen molar-refractivity contribution in [3.8, 4) is 11.5 Å². The Morgan fingerprint density at radius 2 is 1.65 bits per heavy atom.